The van der Waals surface area contributed by atoms with Crippen LogP contribution in [0.2, 0.25) is 0 Å². The van der Waals surface area contributed by atoms with Gasteiger partial charge in [0.1, 0.15) is 0 Å². The molecule has 1 amide bonds. The average Bonchev–Trinajstić information content (AvgIpc) is 2.94. The van der Waals surface area contributed by atoms with Crippen LogP contribution in [0.15, 0.2) is 35.7 Å². The summed E-state index contributed by atoms with van der Waals surface area (Å²) in [7, 11) is 0. The first-order chi connectivity index (χ1) is 9.70. The Balaban J connectivity index is 1.98. The first kappa shape index (κ1) is 14.7. The number of amides is 1. The number of thiazole rings is 1. The molecular weight excluding hydrogens is 270 g/mol. The monoisotopic (exact) mass is 289 g/mol. The van der Waals surface area contributed by atoms with E-state index < -0.39 is 0 Å². The summed E-state index contributed by atoms with van der Waals surface area (Å²) in [6.45, 7) is 4.77. The molecule has 4 nitrogen and oxygen atoms in total. The lowest BCUT2D eigenvalue weighted by Crippen LogP contribution is -2.38. The summed E-state index contributed by atoms with van der Waals surface area (Å²) in [6.07, 6.45) is 1.01. The Morgan fingerprint density at radius 2 is 2.10 bits per heavy atom. The number of hydrogen-bond donors (Lipinski definition) is 2. The van der Waals surface area contributed by atoms with Crippen LogP contribution < -0.4 is 10.6 Å². The molecule has 1 heterocycles. The highest BCUT2D eigenvalue weighted by Gasteiger charge is 2.13. The molecule has 1 unspecified atom stereocenters. The molecule has 0 saturated carbocycles. The highest BCUT2D eigenvalue weighted by Crippen LogP contribution is 2.24. The standard InChI is InChI=1S/C15H19N3OS/c1-3-9-16-11(2)14(19)18-15-17-13(10-20-15)12-7-5-4-6-8-12/h4-8,10-11,16H,3,9H2,1-2H3,(H,17,18,19). The van der Waals surface area contributed by atoms with Crippen molar-refractivity contribution in [2.75, 3.05) is 11.9 Å². The third-order valence-corrected chi connectivity index (χ3v) is 3.66. The van der Waals surface area contributed by atoms with Crippen LogP contribution in [0.5, 0.6) is 0 Å². The molecule has 106 valence electrons. The van der Waals surface area contributed by atoms with Crippen molar-refractivity contribution in [2.24, 2.45) is 0 Å². The smallest absolute Gasteiger partial charge is 0.243 e. The predicted octanol–water partition coefficient (Wildman–Crippen LogP) is 3.14. The first-order valence-electron chi connectivity index (χ1n) is 6.76. The fraction of sp³-hybridized carbons (Fsp3) is 0.333. The van der Waals surface area contributed by atoms with Gasteiger partial charge in [0.2, 0.25) is 5.91 Å². The van der Waals surface area contributed by atoms with Crippen LogP contribution in [0.3, 0.4) is 0 Å². The van der Waals surface area contributed by atoms with Gasteiger partial charge in [-0.05, 0) is 19.9 Å². The second-order valence-electron chi connectivity index (χ2n) is 4.57. The molecule has 0 saturated heterocycles. The minimum atomic E-state index is -0.209. The number of nitrogens with one attached hydrogen (secondary N) is 2. The molecule has 2 aromatic rings. The summed E-state index contributed by atoms with van der Waals surface area (Å²) in [6, 6.07) is 9.73. The number of benzene rings is 1. The van der Waals surface area contributed by atoms with Gasteiger partial charge in [-0.15, -0.1) is 11.3 Å². The third-order valence-electron chi connectivity index (χ3n) is 2.90. The van der Waals surface area contributed by atoms with Crippen molar-refractivity contribution in [3.63, 3.8) is 0 Å². The summed E-state index contributed by atoms with van der Waals surface area (Å²) in [4.78, 5) is 16.4. The van der Waals surface area contributed by atoms with Gasteiger partial charge in [0.05, 0.1) is 11.7 Å². The Morgan fingerprint density at radius 3 is 2.80 bits per heavy atom. The van der Waals surface area contributed by atoms with E-state index >= 15 is 0 Å². The molecule has 1 aromatic carbocycles. The van der Waals surface area contributed by atoms with Crippen molar-refractivity contribution in [2.45, 2.75) is 26.3 Å². The van der Waals surface area contributed by atoms with Gasteiger partial charge >= 0.3 is 0 Å². The van der Waals surface area contributed by atoms with Gasteiger partial charge in [-0.3, -0.25) is 4.79 Å². The van der Waals surface area contributed by atoms with Crippen molar-refractivity contribution < 1.29 is 4.79 Å². The molecule has 2 rings (SSSR count). The Kier molecular flexibility index (Phi) is 5.26. The van der Waals surface area contributed by atoms with E-state index in [4.69, 9.17) is 0 Å². The fourth-order valence-corrected chi connectivity index (χ4v) is 2.46. The zero-order valence-electron chi connectivity index (χ0n) is 11.7. The van der Waals surface area contributed by atoms with Crippen molar-refractivity contribution in [1.29, 1.82) is 0 Å². The van der Waals surface area contributed by atoms with E-state index in [2.05, 4.69) is 22.5 Å². The molecule has 0 aliphatic carbocycles. The van der Waals surface area contributed by atoms with Gasteiger partial charge < -0.3 is 10.6 Å². The van der Waals surface area contributed by atoms with E-state index in [1.165, 1.54) is 11.3 Å². The second-order valence-corrected chi connectivity index (χ2v) is 5.43. The van der Waals surface area contributed by atoms with E-state index in [-0.39, 0.29) is 11.9 Å². The lowest BCUT2D eigenvalue weighted by molar-refractivity contribution is -0.117. The van der Waals surface area contributed by atoms with Crippen LogP contribution in [-0.4, -0.2) is 23.5 Å². The first-order valence-corrected chi connectivity index (χ1v) is 7.64. The number of carbonyl (C=O) groups excluding carboxylic acids is 1. The van der Waals surface area contributed by atoms with Gasteiger partial charge in [0, 0.05) is 10.9 Å². The van der Waals surface area contributed by atoms with Crippen molar-refractivity contribution in [1.82, 2.24) is 10.3 Å². The Morgan fingerprint density at radius 1 is 1.35 bits per heavy atom. The topological polar surface area (TPSA) is 54.0 Å². The zero-order chi connectivity index (χ0) is 14.4. The summed E-state index contributed by atoms with van der Waals surface area (Å²) < 4.78 is 0. The summed E-state index contributed by atoms with van der Waals surface area (Å²) in [5.74, 6) is -0.0487. The highest BCUT2D eigenvalue weighted by molar-refractivity contribution is 7.14. The normalized spacial score (nSPS) is 12.1. The van der Waals surface area contributed by atoms with E-state index in [1.807, 2.05) is 42.6 Å². The highest BCUT2D eigenvalue weighted by atomic mass is 32.1. The maximum atomic E-state index is 12.0. The minimum Gasteiger partial charge on any atom is -0.306 e. The number of nitrogens with zero attached hydrogens (tertiary/aromatic N) is 1. The molecule has 2 N–H and O–H groups in total. The van der Waals surface area contributed by atoms with E-state index in [0.717, 1.165) is 24.2 Å². The van der Waals surface area contributed by atoms with E-state index in [0.29, 0.717) is 5.13 Å². The molecule has 1 atom stereocenters. The molecule has 0 aliphatic rings. The van der Waals surface area contributed by atoms with Crippen molar-refractivity contribution >= 4 is 22.4 Å². The Bertz CT molecular complexity index is 553. The fourth-order valence-electron chi connectivity index (χ4n) is 1.74. The SMILES string of the molecule is CCCNC(C)C(=O)Nc1nc(-c2ccccc2)cs1. The molecule has 0 fully saturated rings. The minimum absolute atomic E-state index is 0.0487. The quantitative estimate of drug-likeness (QED) is 0.859. The second kappa shape index (κ2) is 7.17. The molecule has 20 heavy (non-hydrogen) atoms. The maximum Gasteiger partial charge on any atom is 0.243 e. The predicted molar refractivity (Wildman–Crippen MR) is 83.9 cm³/mol. The number of hydrogen-bond acceptors (Lipinski definition) is 4. The summed E-state index contributed by atoms with van der Waals surface area (Å²) in [5, 5.41) is 8.59. The molecule has 1 aromatic heterocycles. The number of carbonyl (C=O) groups is 1. The van der Waals surface area contributed by atoms with Gasteiger partial charge in [0.15, 0.2) is 5.13 Å². The summed E-state index contributed by atoms with van der Waals surface area (Å²) >= 11 is 1.44. The molecule has 0 radical (unpaired) electrons. The molecule has 0 bridgehead atoms. The Hall–Kier alpha value is -1.72. The van der Waals surface area contributed by atoms with Gasteiger partial charge in [-0.1, -0.05) is 37.3 Å². The van der Waals surface area contributed by atoms with Gasteiger partial charge in [-0.2, -0.15) is 0 Å². The third kappa shape index (κ3) is 3.88. The number of rotatable bonds is 6. The van der Waals surface area contributed by atoms with Crippen LogP contribution >= 0.6 is 11.3 Å². The Labute approximate surface area is 123 Å². The lowest BCUT2D eigenvalue weighted by Gasteiger charge is -2.11. The number of aromatic nitrogens is 1. The van der Waals surface area contributed by atoms with Crippen molar-refractivity contribution in [3.8, 4) is 11.3 Å². The van der Waals surface area contributed by atoms with Crippen LogP contribution in [0.1, 0.15) is 20.3 Å². The molecule has 0 spiro atoms. The molecular formula is C15H19N3OS. The van der Waals surface area contributed by atoms with Crippen molar-refractivity contribution in [3.05, 3.63) is 35.7 Å². The lowest BCUT2D eigenvalue weighted by atomic mass is 10.2. The largest absolute Gasteiger partial charge is 0.306 e. The van der Waals surface area contributed by atoms with Gasteiger partial charge in [-0.25, -0.2) is 4.98 Å². The summed E-state index contributed by atoms with van der Waals surface area (Å²) in [5.41, 5.74) is 1.95. The van der Waals surface area contributed by atoms with Crippen LogP contribution in [0.25, 0.3) is 11.3 Å². The van der Waals surface area contributed by atoms with Gasteiger partial charge in [0.25, 0.3) is 0 Å². The van der Waals surface area contributed by atoms with E-state index in [9.17, 15) is 4.79 Å². The molecule has 5 heteroatoms. The van der Waals surface area contributed by atoms with E-state index in [1.54, 1.807) is 0 Å². The molecule has 0 aliphatic heterocycles. The zero-order valence-corrected chi connectivity index (χ0v) is 12.5. The van der Waals surface area contributed by atoms with Crippen LogP contribution in [0.4, 0.5) is 5.13 Å². The average molecular weight is 289 g/mol. The number of anilines is 1. The maximum absolute atomic E-state index is 12.0. The van der Waals surface area contributed by atoms with Crippen LogP contribution in [0, 0.1) is 0 Å². The van der Waals surface area contributed by atoms with Crippen LogP contribution in [-0.2, 0) is 4.79 Å².